The third kappa shape index (κ3) is 4.71. The zero-order valence-electron chi connectivity index (χ0n) is 12.8. The molecule has 2 atom stereocenters. The highest BCUT2D eigenvalue weighted by molar-refractivity contribution is 5.81. The van der Waals surface area contributed by atoms with Gasteiger partial charge in [-0.25, -0.2) is 0 Å². The van der Waals surface area contributed by atoms with Crippen LogP contribution in [-0.4, -0.2) is 18.5 Å². The van der Waals surface area contributed by atoms with Gasteiger partial charge in [-0.3, -0.25) is 10.1 Å². The van der Waals surface area contributed by atoms with E-state index in [-0.39, 0.29) is 18.0 Å². The maximum absolute atomic E-state index is 11.9. The second kappa shape index (κ2) is 6.75. The van der Waals surface area contributed by atoms with Crippen molar-refractivity contribution in [1.82, 2.24) is 10.6 Å². The number of carbonyl (C=O) groups is 1. The van der Waals surface area contributed by atoms with E-state index in [1.165, 1.54) is 0 Å². The lowest BCUT2D eigenvalue weighted by Crippen LogP contribution is -2.44. The predicted molar refractivity (Wildman–Crippen MR) is 77.0 cm³/mol. The van der Waals surface area contributed by atoms with E-state index >= 15 is 0 Å². The quantitative estimate of drug-likeness (QED) is 0.832. The van der Waals surface area contributed by atoms with Gasteiger partial charge in [0.15, 0.2) is 0 Å². The fourth-order valence-corrected chi connectivity index (χ4v) is 2.08. The van der Waals surface area contributed by atoms with Gasteiger partial charge in [0.2, 0.25) is 5.91 Å². The molecule has 19 heavy (non-hydrogen) atoms. The van der Waals surface area contributed by atoms with E-state index in [4.69, 9.17) is 4.42 Å². The lowest BCUT2D eigenvalue weighted by atomic mass is 10.1. The van der Waals surface area contributed by atoms with E-state index < -0.39 is 0 Å². The monoisotopic (exact) mass is 266 g/mol. The molecule has 4 nitrogen and oxygen atoms in total. The van der Waals surface area contributed by atoms with Gasteiger partial charge in [-0.1, -0.05) is 13.8 Å². The summed E-state index contributed by atoms with van der Waals surface area (Å²) in [5, 5.41) is 6.24. The number of hydrogen-bond donors (Lipinski definition) is 2. The largest absolute Gasteiger partial charge is 0.466 e. The van der Waals surface area contributed by atoms with Gasteiger partial charge in [-0.15, -0.1) is 0 Å². The Morgan fingerprint density at radius 2 is 1.89 bits per heavy atom. The number of aryl methyl sites for hydroxylation is 2. The number of carbonyl (C=O) groups excluding carboxylic acids is 1. The Balaban J connectivity index is 2.54. The Bertz CT molecular complexity index is 424. The van der Waals surface area contributed by atoms with Gasteiger partial charge in [-0.05, 0) is 39.7 Å². The third-order valence-electron chi connectivity index (χ3n) is 3.12. The third-order valence-corrected chi connectivity index (χ3v) is 3.12. The summed E-state index contributed by atoms with van der Waals surface area (Å²) in [7, 11) is 0. The van der Waals surface area contributed by atoms with Crippen molar-refractivity contribution in [2.45, 2.75) is 53.6 Å². The van der Waals surface area contributed by atoms with Crippen LogP contribution in [0.3, 0.4) is 0 Å². The minimum absolute atomic E-state index is 0.0402. The van der Waals surface area contributed by atoms with Gasteiger partial charge in [-0.2, -0.15) is 0 Å². The number of furan rings is 1. The van der Waals surface area contributed by atoms with Crippen LogP contribution in [0.2, 0.25) is 0 Å². The maximum Gasteiger partial charge on any atom is 0.236 e. The van der Waals surface area contributed by atoms with E-state index in [9.17, 15) is 4.79 Å². The van der Waals surface area contributed by atoms with E-state index in [1.807, 2.05) is 33.8 Å². The number of nitrogens with one attached hydrogen (secondary N) is 2. The molecular formula is C15H26N2O2. The minimum atomic E-state index is -0.219. The second-order valence-electron chi connectivity index (χ2n) is 5.62. The molecule has 1 amide bonds. The summed E-state index contributed by atoms with van der Waals surface area (Å²) in [6, 6.07) is 1.90. The van der Waals surface area contributed by atoms with E-state index in [0.717, 1.165) is 17.1 Å². The van der Waals surface area contributed by atoms with E-state index in [0.29, 0.717) is 12.5 Å². The fraction of sp³-hybridized carbons (Fsp3) is 0.667. The Hall–Kier alpha value is -1.29. The first-order chi connectivity index (χ1) is 8.81. The summed E-state index contributed by atoms with van der Waals surface area (Å²) in [6.45, 7) is 12.7. The minimum Gasteiger partial charge on any atom is -0.466 e. The molecule has 0 saturated heterocycles. The van der Waals surface area contributed by atoms with Gasteiger partial charge >= 0.3 is 0 Å². The van der Waals surface area contributed by atoms with Crippen molar-refractivity contribution in [3.63, 3.8) is 0 Å². The molecule has 0 aliphatic rings. The van der Waals surface area contributed by atoms with Crippen molar-refractivity contribution >= 4 is 5.91 Å². The number of hydrogen-bond acceptors (Lipinski definition) is 3. The molecule has 4 heteroatoms. The molecule has 1 aromatic heterocycles. The van der Waals surface area contributed by atoms with Crippen LogP contribution in [-0.2, 0) is 4.79 Å². The van der Waals surface area contributed by atoms with Crippen LogP contribution in [0.25, 0.3) is 0 Å². The van der Waals surface area contributed by atoms with Crippen LogP contribution in [0, 0.1) is 19.8 Å². The molecular weight excluding hydrogens is 240 g/mol. The summed E-state index contributed by atoms with van der Waals surface area (Å²) in [5.41, 5.74) is 1.11. The van der Waals surface area contributed by atoms with Crippen LogP contribution in [0.5, 0.6) is 0 Å². The van der Waals surface area contributed by atoms with Crippen LogP contribution in [0.4, 0.5) is 0 Å². The highest BCUT2D eigenvalue weighted by Crippen LogP contribution is 2.21. The molecule has 1 heterocycles. The van der Waals surface area contributed by atoms with Crippen molar-refractivity contribution in [3.8, 4) is 0 Å². The van der Waals surface area contributed by atoms with Gasteiger partial charge in [0.1, 0.15) is 11.5 Å². The zero-order chi connectivity index (χ0) is 14.6. The van der Waals surface area contributed by atoms with Crippen LogP contribution in [0.15, 0.2) is 10.5 Å². The standard InChI is InChI=1S/C15H26N2O2/c1-9(2)8-16-15(18)12(5)17-11(4)14-7-10(3)19-13(14)6/h7,9,11-12,17H,8H2,1-6H3,(H,16,18). The average molecular weight is 266 g/mol. The highest BCUT2D eigenvalue weighted by Gasteiger charge is 2.18. The molecule has 0 bridgehead atoms. The molecule has 0 radical (unpaired) electrons. The highest BCUT2D eigenvalue weighted by atomic mass is 16.3. The van der Waals surface area contributed by atoms with Gasteiger partial charge in [0, 0.05) is 18.2 Å². The van der Waals surface area contributed by atoms with Gasteiger partial charge < -0.3 is 9.73 Å². The molecule has 2 N–H and O–H groups in total. The smallest absolute Gasteiger partial charge is 0.236 e. The lowest BCUT2D eigenvalue weighted by molar-refractivity contribution is -0.123. The Morgan fingerprint density at radius 3 is 2.37 bits per heavy atom. The molecule has 0 aliphatic carbocycles. The van der Waals surface area contributed by atoms with Crippen LogP contribution in [0.1, 0.15) is 50.8 Å². The topological polar surface area (TPSA) is 54.3 Å². The molecule has 0 fully saturated rings. The molecule has 1 rings (SSSR count). The van der Waals surface area contributed by atoms with Crippen molar-refractivity contribution in [2.24, 2.45) is 5.92 Å². The van der Waals surface area contributed by atoms with Crippen molar-refractivity contribution in [1.29, 1.82) is 0 Å². The van der Waals surface area contributed by atoms with Crippen LogP contribution >= 0.6 is 0 Å². The zero-order valence-corrected chi connectivity index (χ0v) is 12.8. The predicted octanol–water partition coefficient (Wildman–Crippen LogP) is 2.71. The first-order valence-corrected chi connectivity index (χ1v) is 6.92. The number of amides is 1. The molecule has 1 aromatic rings. The Labute approximate surface area is 116 Å². The molecule has 0 aliphatic heterocycles. The van der Waals surface area contributed by atoms with E-state index in [1.54, 1.807) is 0 Å². The summed E-state index contributed by atoms with van der Waals surface area (Å²) in [4.78, 5) is 11.9. The Morgan fingerprint density at radius 1 is 1.26 bits per heavy atom. The summed E-state index contributed by atoms with van der Waals surface area (Å²) < 4.78 is 5.52. The summed E-state index contributed by atoms with van der Waals surface area (Å²) in [5.74, 6) is 2.32. The van der Waals surface area contributed by atoms with Gasteiger partial charge in [0.05, 0.1) is 6.04 Å². The molecule has 0 spiro atoms. The average Bonchev–Trinajstić information content (AvgIpc) is 2.65. The summed E-state index contributed by atoms with van der Waals surface area (Å²) >= 11 is 0. The fourth-order valence-electron chi connectivity index (χ4n) is 2.08. The second-order valence-corrected chi connectivity index (χ2v) is 5.62. The van der Waals surface area contributed by atoms with Crippen molar-refractivity contribution in [3.05, 3.63) is 23.2 Å². The van der Waals surface area contributed by atoms with Crippen LogP contribution < -0.4 is 10.6 Å². The Kier molecular flexibility index (Phi) is 5.60. The van der Waals surface area contributed by atoms with Crippen molar-refractivity contribution in [2.75, 3.05) is 6.54 Å². The number of rotatable bonds is 6. The SMILES string of the molecule is Cc1cc(C(C)NC(C)C(=O)NCC(C)C)c(C)o1. The molecule has 108 valence electrons. The van der Waals surface area contributed by atoms with Crippen molar-refractivity contribution < 1.29 is 9.21 Å². The molecule has 0 saturated carbocycles. The first kappa shape index (κ1) is 15.8. The van der Waals surface area contributed by atoms with Gasteiger partial charge in [0.25, 0.3) is 0 Å². The summed E-state index contributed by atoms with van der Waals surface area (Å²) in [6.07, 6.45) is 0. The lowest BCUT2D eigenvalue weighted by Gasteiger charge is -2.20. The first-order valence-electron chi connectivity index (χ1n) is 6.92. The molecule has 2 unspecified atom stereocenters. The normalized spacial score (nSPS) is 14.5. The van der Waals surface area contributed by atoms with E-state index in [2.05, 4.69) is 24.5 Å². The molecule has 0 aromatic carbocycles. The maximum atomic E-state index is 11.9.